The Bertz CT molecular complexity index is 651. The van der Waals surface area contributed by atoms with Crippen LogP contribution in [0.15, 0.2) is 9.59 Å². The summed E-state index contributed by atoms with van der Waals surface area (Å²) in [4.78, 5) is 26.3. The van der Waals surface area contributed by atoms with Crippen LogP contribution in [0.1, 0.15) is 39.5 Å². The maximum atomic E-state index is 12.0. The van der Waals surface area contributed by atoms with Gasteiger partial charge in [-0.05, 0) is 42.9 Å². The van der Waals surface area contributed by atoms with Gasteiger partial charge in [-0.3, -0.25) is 14.3 Å². The van der Waals surface area contributed by atoms with Crippen LogP contribution < -0.4 is 22.3 Å². The summed E-state index contributed by atoms with van der Waals surface area (Å²) in [5.41, 5.74) is 5.93. The number of nitrogens with zero attached hydrogens (tertiary/aromatic N) is 1. The summed E-state index contributed by atoms with van der Waals surface area (Å²) < 4.78 is 1.45. The zero-order valence-electron chi connectivity index (χ0n) is 12.7. The van der Waals surface area contributed by atoms with Gasteiger partial charge in [-0.1, -0.05) is 13.8 Å². The standard InChI is InChI=1S/C15H24N4O2/c1-9(2)7-19-12(16)11(13(20)18-14(19)21)17-8-15(5-6-15)10-3-4-10/h9-10,17H,3-8,16H2,1-2H3,(H,18,20,21). The number of H-pyrrole nitrogens is 1. The maximum absolute atomic E-state index is 12.0. The first kappa shape index (κ1) is 14.2. The van der Waals surface area contributed by atoms with Gasteiger partial charge in [-0.25, -0.2) is 4.79 Å². The molecule has 2 aliphatic carbocycles. The summed E-state index contributed by atoms with van der Waals surface area (Å²) in [6, 6.07) is 0. The van der Waals surface area contributed by atoms with Gasteiger partial charge in [0, 0.05) is 13.1 Å². The number of aromatic nitrogens is 2. The summed E-state index contributed by atoms with van der Waals surface area (Å²) in [6.45, 7) is 5.31. The Morgan fingerprint density at radius 2 is 2.05 bits per heavy atom. The summed E-state index contributed by atoms with van der Waals surface area (Å²) >= 11 is 0. The predicted molar refractivity (Wildman–Crippen MR) is 83.5 cm³/mol. The molecule has 0 atom stereocenters. The van der Waals surface area contributed by atoms with E-state index in [1.165, 1.54) is 30.3 Å². The van der Waals surface area contributed by atoms with Crippen LogP contribution >= 0.6 is 0 Å². The van der Waals surface area contributed by atoms with Crippen molar-refractivity contribution in [1.29, 1.82) is 0 Å². The van der Waals surface area contributed by atoms with Gasteiger partial charge in [0.1, 0.15) is 11.5 Å². The minimum absolute atomic E-state index is 0.254. The average Bonchev–Trinajstić information content (AvgIpc) is 3.24. The summed E-state index contributed by atoms with van der Waals surface area (Å²) in [7, 11) is 0. The SMILES string of the molecule is CC(C)Cn1c(N)c(NCC2(C3CC3)CC2)c(=O)[nH]c1=O. The van der Waals surface area contributed by atoms with Gasteiger partial charge < -0.3 is 11.1 Å². The van der Waals surface area contributed by atoms with Gasteiger partial charge in [0.15, 0.2) is 0 Å². The van der Waals surface area contributed by atoms with Crippen molar-refractivity contribution in [2.45, 2.75) is 46.1 Å². The maximum Gasteiger partial charge on any atom is 0.330 e. The molecule has 0 spiro atoms. The summed E-state index contributed by atoms with van der Waals surface area (Å²) in [5.74, 6) is 1.35. The van der Waals surface area contributed by atoms with Crippen LogP contribution in [0.25, 0.3) is 0 Å². The zero-order chi connectivity index (χ0) is 15.2. The van der Waals surface area contributed by atoms with Crippen LogP contribution in [0.5, 0.6) is 0 Å². The highest BCUT2D eigenvalue weighted by atomic mass is 16.2. The molecule has 1 aromatic heterocycles. The smallest absolute Gasteiger partial charge is 0.330 e. The second-order valence-corrected chi connectivity index (χ2v) is 7.01. The molecule has 2 fully saturated rings. The normalized spacial score (nSPS) is 19.8. The largest absolute Gasteiger partial charge is 0.383 e. The molecule has 0 aliphatic heterocycles. The van der Waals surface area contributed by atoms with Gasteiger partial charge in [-0.15, -0.1) is 0 Å². The number of rotatable bonds is 6. The van der Waals surface area contributed by atoms with E-state index in [1.807, 2.05) is 13.8 Å². The molecule has 0 radical (unpaired) electrons. The second-order valence-electron chi connectivity index (χ2n) is 7.01. The van der Waals surface area contributed by atoms with Crippen molar-refractivity contribution in [1.82, 2.24) is 9.55 Å². The van der Waals surface area contributed by atoms with Gasteiger partial charge in [0.2, 0.25) is 0 Å². The number of aromatic amines is 1. The fraction of sp³-hybridized carbons (Fsp3) is 0.733. The molecule has 6 heteroatoms. The molecule has 0 amide bonds. The lowest BCUT2D eigenvalue weighted by molar-refractivity contribution is 0.465. The van der Waals surface area contributed by atoms with Crippen LogP contribution in [-0.2, 0) is 6.54 Å². The summed E-state index contributed by atoms with van der Waals surface area (Å²) in [5, 5.41) is 3.22. The molecule has 2 aliphatic rings. The molecule has 0 unspecified atom stereocenters. The molecule has 21 heavy (non-hydrogen) atoms. The van der Waals surface area contributed by atoms with Crippen LogP contribution in [-0.4, -0.2) is 16.1 Å². The number of nitrogen functional groups attached to an aromatic ring is 1. The first-order valence-electron chi connectivity index (χ1n) is 7.79. The van der Waals surface area contributed by atoms with E-state index in [0.717, 1.165) is 12.5 Å². The summed E-state index contributed by atoms with van der Waals surface area (Å²) in [6.07, 6.45) is 5.07. The van der Waals surface area contributed by atoms with Crippen molar-refractivity contribution in [3.05, 3.63) is 20.8 Å². The lowest BCUT2D eigenvalue weighted by Gasteiger charge is -2.19. The monoisotopic (exact) mass is 292 g/mol. The van der Waals surface area contributed by atoms with Crippen molar-refractivity contribution in [3.8, 4) is 0 Å². The highest BCUT2D eigenvalue weighted by Crippen LogP contribution is 2.61. The molecular weight excluding hydrogens is 268 g/mol. The van der Waals surface area contributed by atoms with E-state index in [9.17, 15) is 9.59 Å². The van der Waals surface area contributed by atoms with Crippen LogP contribution in [0.2, 0.25) is 0 Å². The van der Waals surface area contributed by atoms with E-state index < -0.39 is 11.2 Å². The third-order valence-electron chi connectivity index (χ3n) is 4.74. The van der Waals surface area contributed by atoms with E-state index >= 15 is 0 Å². The van der Waals surface area contributed by atoms with Crippen molar-refractivity contribution < 1.29 is 0 Å². The Labute approximate surface area is 123 Å². The molecule has 6 nitrogen and oxygen atoms in total. The first-order chi connectivity index (χ1) is 9.93. The van der Waals surface area contributed by atoms with Gasteiger partial charge >= 0.3 is 5.69 Å². The van der Waals surface area contributed by atoms with Crippen molar-refractivity contribution in [2.75, 3.05) is 17.6 Å². The second kappa shape index (κ2) is 4.93. The van der Waals surface area contributed by atoms with Crippen molar-refractivity contribution in [3.63, 3.8) is 0 Å². The Morgan fingerprint density at radius 3 is 2.57 bits per heavy atom. The van der Waals surface area contributed by atoms with E-state index in [0.29, 0.717) is 17.6 Å². The Hall–Kier alpha value is -1.72. The Kier molecular flexibility index (Phi) is 3.34. The fourth-order valence-corrected chi connectivity index (χ4v) is 3.16. The molecule has 4 N–H and O–H groups in total. The highest BCUT2D eigenvalue weighted by Gasteiger charge is 2.53. The molecule has 2 saturated carbocycles. The Morgan fingerprint density at radius 1 is 1.38 bits per heavy atom. The third kappa shape index (κ3) is 2.71. The van der Waals surface area contributed by atoms with Crippen LogP contribution in [0.3, 0.4) is 0 Å². The zero-order valence-corrected chi connectivity index (χ0v) is 12.7. The van der Waals surface area contributed by atoms with Crippen LogP contribution in [0.4, 0.5) is 11.5 Å². The minimum Gasteiger partial charge on any atom is -0.383 e. The lowest BCUT2D eigenvalue weighted by Crippen LogP contribution is -2.36. The molecular formula is C15H24N4O2. The number of nitrogens with one attached hydrogen (secondary N) is 2. The number of anilines is 2. The van der Waals surface area contributed by atoms with E-state index in [-0.39, 0.29) is 11.7 Å². The predicted octanol–water partition coefficient (Wildman–Crippen LogP) is 1.38. The third-order valence-corrected chi connectivity index (χ3v) is 4.74. The minimum atomic E-state index is -0.430. The first-order valence-corrected chi connectivity index (χ1v) is 7.79. The number of nitrogens with two attached hydrogens (primary N) is 1. The number of hydrogen-bond donors (Lipinski definition) is 3. The van der Waals surface area contributed by atoms with E-state index in [1.54, 1.807) is 0 Å². The molecule has 0 bridgehead atoms. The Balaban J connectivity index is 1.83. The molecule has 0 aromatic carbocycles. The van der Waals surface area contributed by atoms with Gasteiger partial charge in [0.25, 0.3) is 5.56 Å². The lowest BCUT2D eigenvalue weighted by atomic mass is 10.0. The quantitative estimate of drug-likeness (QED) is 0.738. The molecule has 1 heterocycles. The van der Waals surface area contributed by atoms with Gasteiger partial charge in [-0.2, -0.15) is 0 Å². The van der Waals surface area contributed by atoms with E-state index in [4.69, 9.17) is 5.73 Å². The van der Waals surface area contributed by atoms with Gasteiger partial charge in [0.05, 0.1) is 0 Å². The molecule has 3 rings (SSSR count). The molecule has 0 saturated heterocycles. The van der Waals surface area contributed by atoms with Crippen molar-refractivity contribution in [2.24, 2.45) is 17.3 Å². The number of hydrogen-bond acceptors (Lipinski definition) is 4. The molecule has 1 aromatic rings. The fourth-order valence-electron chi connectivity index (χ4n) is 3.16. The van der Waals surface area contributed by atoms with E-state index in [2.05, 4.69) is 10.3 Å². The highest BCUT2D eigenvalue weighted by molar-refractivity contribution is 5.60. The van der Waals surface area contributed by atoms with Crippen LogP contribution in [0, 0.1) is 17.3 Å². The topological polar surface area (TPSA) is 92.9 Å². The van der Waals surface area contributed by atoms with Crippen molar-refractivity contribution >= 4 is 11.5 Å². The molecule has 116 valence electrons. The average molecular weight is 292 g/mol.